The predicted octanol–water partition coefficient (Wildman–Crippen LogP) is 1.05. The third-order valence-corrected chi connectivity index (χ3v) is 1.92. The van der Waals surface area contributed by atoms with Crippen LogP contribution < -0.4 is 5.73 Å². The number of pyridine rings is 1. The third-order valence-electron chi connectivity index (χ3n) is 1.28. The lowest BCUT2D eigenvalue weighted by Crippen LogP contribution is -2.01. The number of nitrogens with two attached hydrogens (primary N) is 1. The summed E-state index contributed by atoms with van der Waals surface area (Å²) >= 11 is 3.16. The van der Waals surface area contributed by atoms with Crippen LogP contribution in [0.25, 0.3) is 0 Å². The summed E-state index contributed by atoms with van der Waals surface area (Å²) in [6, 6.07) is 1.65. The Balaban J connectivity index is 2.89. The van der Waals surface area contributed by atoms with Crippen LogP contribution in [0.15, 0.2) is 16.7 Å². The van der Waals surface area contributed by atoms with E-state index < -0.39 is 5.97 Å². The van der Waals surface area contributed by atoms with Crippen molar-refractivity contribution in [3.05, 3.63) is 22.3 Å². The second-order valence-corrected chi connectivity index (χ2v) is 3.14. The zero-order valence-electron chi connectivity index (χ0n) is 6.12. The Labute approximate surface area is 77.5 Å². The van der Waals surface area contributed by atoms with E-state index in [1.807, 2.05) is 0 Å². The minimum Gasteiger partial charge on any atom is -0.481 e. The first kappa shape index (κ1) is 8.99. The van der Waals surface area contributed by atoms with Crippen LogP contribution in [0.4, 0.5) is 5.82 Å². The second kappa shape index (κ2) is 3.53. The van der Waals surface area contributed by atoms with Gasteiger partial charge in [-0.15, -0.1) is 0 Å². The smallest absolute Gasteiger partial charge is 0.307 e. The highest BCUT2D eigenvalue weighted by atomic mass is 79.9. The largest absolute Gasteiger partial charge is 0.481 e. The number of carbonyl (C=O) groups is 1. The highest BCUT2D eigenvalue weighted by Gasteiger charge is 2.03. The molecule has 3 N–H and O–H groups in total. The molecule has 1 rings (SSSR count). The molecule has 4 nitrogen and oxygen atoms in total. The van der Waals surface area contributed by atoms with Crippen molar-refractivity contribution in [1.29, 1.82) is 0 Å². The maximum atomic E-state index is 10.3. The zero-order chi connectivity index (χ0) is 9.14. The van der Waals surface area contributed by atoms with Gasteiger partial charge in [0.1, 0.15) is 5.82 Å². The summed E-state index contributed by atoms with van der Waals surface area (Å²) in [6.45, 7) is 0. The van der Waals surface area contributed by atoms with Crippen molar-refractivity contribution in [2.75, 3.05) is 5.73 Å². The fraction of sp³-hybridized carbons (Fsp3) is 0.143. The molecule has 12 heavy (non-hydrogen) atoms. The maximum Gasteiger partial charge on any atom is 0.307 e. The fourth-order valence-corrected chi connectivity index (χ4v) is 1.16. The van der Waals surface area contributed by atoms with E-state index in [2.05, 4.69) is 20.9 Å². The molecule has 0 radical (unpaired) electrons. The summed E-state index contributed by atoms with van der Waals surface area (Å²) in [5.74, 6) is -0.516. The average molecular weight is 231 g/mol. The van der Waals surface area contributed by atoms with Gasteiger partial charge in [0.05, 0.1) is 10.9 Å². The van der Waals surface area contributed by atoms with Gasteiger partial charge in [-0.05, 0) is 27.6 Å². The lowest BCUT2D eigenvalue weighted by molar-refractivity contribution is -0.136. The Morgan fingerprint density at radius 2 is 2.42 bits per heavy atom. The van der Waals surface area contributed by atoms with Gasteiger partial charge in [0.25, 0.3) is 0 Å². The van der Waals surface area contributed by atoms with Crippen molar-refractivity contribution in [3.63, 3.8) is 0 Å². The lowest BCUT2D eigenvalue weighted by Gasteiger charge is -1.99. The first-order valence-electron chi connectivity index (χ1n) is 3.21. The van der Waals surface area contributed by atoms with Gasteiger partial charge < -0.3 is 10.8 Å². The standard InChI is InChI=1S/C7H7BrN2O2/c8-5-1-4(2-6(11)12)3-10-7(5)9/h1,3H,2H2,(H2,9,10)(H,11,12). The first-order chi connectivity index (χ1) is 5.59. The van der Waals surface area contributed by atoms with E-state index in [9.17, 15) is 4.79 Å². The molecule has 0 saturated heterocycles. The minimum atomic E-state index is -0.881. The Hall–Kier alpha value is -1.10. The number of aliphatic carboxylic acids is 1. The van der Waals surface area contributed by atoms with Gasteiger partial charge in [-0.1, -0.05) is 0 Å². The van der Waals surface area contributed by atoms with Crippen LogP contribution in [0.5, 0.6) is 0 Å². The molecule has 1 aromatic heterocycles. The number of rotatable bonds is 2. The topological polar surface area (TPSA) is 76.2 Å². The molecule has 0 aliphatic carbocycles. The van der Waals surface area contributed by atoms with Gasteiger partial charge in [-0.2, -0.15) is 0 Å². The van der Waals surface area contributed by atoms with Crippen molar-refractivity contribution >= 4 is 27.7 Å². The summed E-state index contributed by atoms with van der Waals surface area (Å²) in [7, 11) is 0. The van der Waals surface area contributed by atoms with Crippen LogP contribution in [0.1, 0.15) is 5.56 Å². The second-order valence-electron chi connectivity index (χ2n) is 2.28. The number of carboxylic acids is 1. The van der Waals surface area contributed by atoms with Crippen LogP contribution >= 0.6 is 15.9 Å². The summed E-state index contributed by atoms with van der Waals surface area (Å²) in [5.41, 5.74) is 6.04. The summed E-state index contributed by atoms with van der Waals surface area (Å²) in [4.78, 5) is 14.1. The molecule has 0 atom stereocenters. The first-order valence-corrected chi connectivity index (χ1v) is 4.00. The molecule has 0 aliphatic heterocycles. The predicted molar refractivity (Wildman–Crippen MR) is 47.7 cm³/mol. The monoisotopic (exact) mass is 230 g/mol. The summed E-state index contributed by atoms with van der Waals surface area (Å²) < 4.78 is 0.626. The number of hydrogen-bond donors (Lipinski definition) is 2. The Kier molecular flexibility index (Phi) is 2.65. The number of hydrogen-bond acceptors (Lipinski definition) is 3. The SMILES string of the molecule is Nc1ncc(CC(=O)O)cc1Br. The van der Waals surface area contributed by atoms with Crippen molar-refractivity contribution in [3.8, 4) is 0 Å². The molecule has 0 fully saturated rings. The number of carboxylic acid groups (broad SMARTS) is 1. The van der Waals surface area contributed by atoms with Crippen LogP contribution in [-0.4, -0.2) is 16.1 Å². The molecule has 0 saturated carbocycles. The lowest BCUT2D eigenvalue weighted by atomic mass is 10.2. The van der Waals surface area contributed by atoms with Crippen LogP contribution in [0, 0.1) is 0 Å². The Morgan fingerprint density at radius 3 is 2.92 bits per heavy atom. The third kappa shape index (κ3) is 2.20. The van der Waals surface area contributed by atoms with Crippen molar-refractivity contribution < 1.29 is 9.90 Å². The number of halogens is 1. The normalized spacial score (nSPS) is 9.75. The molecule has 1 aromatic rings. The van der Waals surface area contributed by atoms with Gasteiger partial charge in [0.15, 0.2) is 0 Å². The summed E-state index contributed by atoms with van der Waals surface area (Å²) in [5, 5.41) is 8.45. The van der Waals surface area contributed by atoms with Crippen molar-refractivity contribution in [2.45, 2.75) is 6.42 Å². The average Bonchev–Trinajstić information content (AvgIpc) is 1.96. The molecule has 0 aromatic carbocycles. The highest BCUT2D eigenvalue weighted by molar-refractivity contribution is 9.10. The van der Waals surface area contributed by atoms with E-state index in [-0.39, 0.29) is 6.42 Å². The molecule has 0 amide bonds. The van der Waals surface area contributed by atoms with E-state index >= 15 is 0 Å². The molecule has 0 aliphatic rings. The molecule has 5 heteroatoms. The molecule has 64 valence electrons. The Bertz CT molecular complexity index is 314. The van der Waals surface area contributed by atoms with Gasteiger partial charge in [-0.3, -0.25) is 4.79 Å². The van der Waals surface area contributed by atoms with E-state index in [0.29, 0.717) is 15.9 Å². The van der Waals surface area contributed by atoms with E-state index in [1.165, 1.54) is 6.20 Å². The number of nitrogens with zero attached hydrogens (tertiary/aromatic N) is 1. The quantitative estimate of drug-likeness (QED) is 0.797. The van der Waals surface area contributed by atoms with Crippen molar-refractivity contribution in [2.24, 2.45) is 0 Å². The van der Waals surface area contributed by atoms with Gasteiger partial charge in [0.2, 0.25) is 0 Å². The number of aromatic nitrogens is 1. The van der Waals surface area contributed by atoms with E-state index in [0.717, 1.165) is 0 Å². The molecular weight excluding hydrogens is 224 g/mol. The highest BCUT2D eigenvalue weighted by Crippen LogP contribution is 2.17. The van der Waals surface area contributed by atoms with Gasteiger partial charge in [0, 0.05) is 6.20 Å². The zero-order valence-corrected chi connectivity index (χ0v) is 7.71. The number of anilines is 1. The van der Waals surface area contributed by atoms with Crippen LogP contribution in [0.3, 0.4) is 0 Å². The van der Waals surface area contributed by atoms with Crippen LogP contribution in [0.2, 0.25) is 0 Å². The summed E-state index contributed by atoms with van der Waals surface area (Å²) in [6.07, 6.45) is 1.42. The molecule has 1 heterocycles. The molecule has 0 unspecified atom stereocenters. The molecule has 0 bridgehead atoms. The van der Waals surface area contributed by atoms with E-state index in [4.69, 9.17) is 10.8 Å². The number of nitrogen functional groups attached to an aromatic ring is 1. The molecule has 0 spiro atoms. The van der Waals surface area contributed by atoms with Gasteiger partial charge in [-0.25, -0.2) is 4.98 Å². The molecular formula is C7H7BrN2O2. The van der Waals surface area contributed by atoms with Gasteiger partial charge >= 0.3 is 5.97 Å². The van der Waals surface area contributed by atoms with E-state index in [1.54, 1.807) is 6.07 Å². The van der Waals surface area contributed by atoms with Crippen LogP contribution in [-0.2, 0) is 11.2 Å². The van der Waals surface area contributed by atoms with Crippen molar-refractivity contribution in [1.82, 2.24) is 4.98 Å². The fourth-order valence-electron chi connectivity index (χ4n) is 0.759. The maximum absolute atomic E-state index is 10.3. The Morgan fingerprint density at radius 1 is 1.75 bits per heavy atom. The minimum absolute atomic E-state index is 0.0358.